The van der Waals surface area contributed by atoms with Crippen LogP contribution in [0.2, 0.25) is 0 Å². The molecule has 1 fully saturated rings. The lowest BCUT2D eigenvalue weighted by atomic mass is 10.0. The fraction of sp³-hybridized carbons (Fsp3) is 0.148. The highest BCUT2D eigenvalue weighted by atomic mass is 32.1. The largest absolute Gasteiger partial charge is 0.464 e. The van der Waals surface area contributed by atoms with Crippen LogP contribution in [0.4, 0.5) is 9.93 Å². The summed E-state index contributed by atoms with van der Waals surface area (Å²) in [6.07, 6.45) is 0.103. The van der Waals surface area contributed by atoms with Crippen LogP contribution in [0.15, 0.2) is 78.2 Å². The quantitative estimate of drug-likeness (QED) is 0.285. The number of imide groups is 1. The van der Waals surface area contributed by atoms with Crippen LogP contribution in [0.25, 0.3) is 10.8 Å². The summed E-state index contributed by atoms with van der Waals surface area (Å²) in [7, 11) is 1.24. The molecule has 1 aliphatic heterocycles. The number of esters is 1. The maximum absolute atomic E-state index is 13.6. The number of nitrogens with one attached hydrogen (secondary N) is 2. The van der Waals surface area contributed by atoms with E-state index < -0.39 is 35.9 Å². The number of rotatable bonds is 7. The van der Waals surface area contributed by atoms with Gasteiger partial charge in [-0.25, -0.2) is 19.5 Å². The van der Waals surface area contributed by atoms with Crippen molar-refractivity contribution < 1.29 is 23.9 Å². The summed E-state index contributed by atoms with van der Waals surface area (Å²) in [5, 5.41) is 8.93. The summed E-state index contributed by atoms with van der Waals surface area (Å²) in [5.41, 5.74) is 1.45. The molecular weight excluding hydrogens is 492 g/mol. The van der Waals surface area contributed by atoms with Crippen molar-refractivity contribution in [2.24, 2.45) is 0 Å². The summed E-state index contributed by atoms with van der Waals surface area (Å²) < 4.78 is 4.66. The van der Waals surface area contributed by atoms with Gasteiger partial charge in [-0.1, -0.05) is 66.7 Å². The number of hydrogen-bond acceptors (Lipinski definition) is 7. The van der Waals surface area contributed by atoms with Crippen LogP contribution < -0.4 is 10.6 Å². The normalized spacial score (nSPS) is 15.9. The van der Waals surface area contributed by atoms with Gasteiger partial charge in [-0.2, -0.15) is 0 Å². The summed E-state index contributed by atoms with van der Waals surface area (Å²) >= 11 is 1.04. The summed E-state index contributed by atoms with van der Waals surface area (Å²) in [6, 6.07) is 19.6. The molecule has 4 aromatic rings. The van der Waals surface area contributed by atoms with E-state index in [2.05, 4.69) is 20.4 Å². The van der Waals surface area contributed by atoms with Crippen molar-refractivity contribution in [2.45, 2.75) is 18.5 Å². The number of benzene rings is 3. The molecule has 2 atom stereocenters. The fourth-order valence-electron chi connectivity index (χ4n) is 4.26. The van der Waals surface area contributed by atoms with E-state index in [1.54, 1.807) is 6.07 Å². The van der Waals surface area contributed by atoms with Crippen LogP contribution in [0.5, 0.6) is 0 Å². The van der Waals surface area contributed by atoms with Crippen molar-refractivity contribution >= 4 is 51.1 Å². The highest BCUT2D eigenvalue weighted by molar-refractivity contribution is 7.14. The molecular formula is C27H22N4O5S. The molecule has 2 unspecified atom stereocenters. The van der Waals surface area contributed by atoms with Gasteiger partial charge in [-0.3, -0.25) is 9.59 Å². The van der Waals surface area contributed by atoms with E-state index >= 15 is 0 Å². The van der Waals surface area contributed by atoms with Crippen molar-refractivity contribution in [1.29, 1.82) is 0 Å². The lowest BCUT2D eigenvalue weighted by Gasteiger charge is -2.24. The Morgan fingerprint density at radius 1 is 1.05 bits per heavy atom. The maximum Gasteiger partial charge on any atom is 0.357 e. The van der Waals surface area contributed by atoms with E-state index in [0.29, 0.717) is 5.56 Å². The van der Waals surface area contributed by atoms with Gasteiger partial charge in [0.25, 0.3) is 5.91 Å². The number of nitrogens with zero attached hydrogens (tertiary/aromatic N) is 2. The number of carbonyl (C=O) groups excluding carboxylic acids is 4. The van der Waals surface area contributed by atoms with Gasteiger partial charge in [-0.15, -0.1) is 11.3 Å². The number of carbonyl (C=O) groups is 4. The molecule has 2 N–H and O–H groups in total. The number of methoxy groups -OCH3 is 1. The Balaban J connectivity index is 1.44. The first kappa shape index (κ1) is 24.1. The highest BCUT2D eigenvalue weighted by Crippen LogP contribution is 2.28. The Labute approximate surface area is 216 Å². The Bertz CT molecular complexity index is 1500. The Kier molecular flexibility index (Phi) is 6.65. The van der Waals surface area contributed by atoms with Crippen LogP contribution >= 0.6 is 11.3 Å². The number of aromatic nitrogens is 1. The van der Waals surface area contributed by atoms with Gasteiger partial charge in [0.1, 0.15) is 12.1 Å². The standard InChI is InChI=1S/C27H22N4O5S/c1-36-25(34)20-15-37-26(28-20)30-23(32)21(13-16-7-3-2-4-8-16)31-24(33)22(29-27(31)35)19-12-11-17-9-5-6-10-18(17)14-19/h2-12,14-15,21-22H,13H2,1H3,(H,29,35)(H,28,30,32). The molecule has 10 heteroatoms. The van der Waals surface area contributed by atoms with Gasteiger partial charge in [0.2, 0.25) is 5.91 Å². The molecule has 1 aromatic heterocycles. The second-order valence-corrected chi connectivity index (χ2v) is 9.28. The van der Waals surface area contributed by atoms with Crippen LogP contribution in [0, 0.1) is 0 Å². The Morgan fingerprint density at radius 3 is 2.54 bits per heavy atom. The van der Waals surface area contributed by atoms with E-state index in [9.17, 15) is 19.2 Å². The van der Waals surface area contributed by atoms with Crippen molar-refractivity contribution in [3.8, 4) is 0 Å². The summed E-state index contributed by atoms with van der Waals surface area (Å²) in [6.45, 7) is 0. The van der Waals surface area contributed by atoms with Gasteiger partial charge < -0.3 is 15.4 Å². The number of urea groups is 1. The smallest absolute Gasteiger partial charge is 0.357 e. The van der Waals surface area contributed by atoms with Gasteiger partial charge in [0.05, 0.1) is 7.11 Å². The number of anilines is 1. The maximum atomic E-state index is 13.6. The Hall–Kier alpha value is -4.57. The highest BCUT2D eigenvalue weighted by Gasteiger charge is 2.45. The van der Waals surface area contributed by atoms with Crippen molar-refractivity contribution in [3.63, 3.8) is 0 Å². The van der Waals surface area contributed by atoms with E-state index in [1.807, 2.05) is 66.7 Å². The number of hydrogen-bond donors (Lipinski definition) is 2. The van der Waals surface area contributed by atoms with Gasteiger partial charge in [-0.05, 0) is 28.0 Å². The second-order valence-electron chi connectivity index (χ2n) is 8.42. The summed E-state index contributed by atoms with van der Waals surface area (Å²) in [4.78, 5) is 56.9. The third-order valence-corrected chi connectivity index (χ3v) is 6.85. The molecule has 0 aliphatic carbocycles. The minimum atomic E-state index is -1.15. The molecule has 2 heterocycles. The third-order valence-electron chi connectivity index (χ3n) is 6.09. The first-order valence-electron chi connectivity index (χ1n) is 11.5. The number of thiazole rings is 1. The van der Waals surface area contributed by atoms with Gasteiger partial charge in [0, 0.05) is 11.8 Å². The van der Waals surface area contributed by atoms with E-state index in [-0.39, 0.29) is 17.2 Å². The predicted octanol–water partition coefficient (Wildman–Crippen LogP) is 3.93. The molecule has 5 rings (SSSR count). The molecule has 3 aromatic carbocycles. The van der Waals surface area contributed by atoms with E-state index in [1.165, 1.54) is 12.5 Å². The van der Waals surface area contributed by atoms with Crippen LogP contribution in [0.3, 0.4) is 0 Å². The zero-order chi connectivity index (χ0) is 25.9. The minimum Gasteiger partial charge on any atom is -0.464 e. The SMILES string of the molecule is COC(=O)c1csc(NC(=O)C(Cc2ccccc2)N2C(=O)NC(c3ccc4ccccc4c3)C2=O)n1. The molecule has 0 spiro atoms. The molecule has 1 saturated heterocycles. The molecule has 186 valence electrons. The van der Waals surface area contributed by atoms with Crippen molar-refractivity contribution in [1.82, 2.24) is 15.2 Å². The van der Waals surface area contributed by atoms with Crippen LogP contribution in [0.1, 0.15) is 27.7 Å². The topological polar surface area (TPSA) is 118 Å². The molecule has 1 aliphatic rings. The fourth-order valence-corrected chi connectivity index (χ4v) is 4.94. The lowest BCUT2D eigenvalue weighted by Crippen LogP contribution is -2.49. The Morgan fingerprint density at radius 2 is 1.78 bits per heavy atom. The lowest BCUT2D eigenvalue weighted by molar-refractivity contribution is -0.134. The minimum absolute atomic E-state index is 0.0498. The van der Waals surface area contributed by atoms with Gasteiger partial charge >= 0.3 is 12.0 Å². The van der Waals surface area contributed by atoms with Gasteiger partial charge in [0.15, 0.2) is 10.8 Å². The third kappa shape index (κ3) is 4.91. The molecule has 37 heavy (non-hydrogen) atoms. The van der Waals surface area contributed by atoms with Crippen LogP contribution in [-0.4, -0.2) is 46.9 Å². The predicted molar refractivity (Wildman–Crippen MR) is 138 cm³/mol. The molecule has 0 bridgehead atoms. The zero-order valence-electron chi connectivity index (χ0n) is 19.7. The number of ether oxygens (including phenoxy) is 1. The average molecular weight is 515 g/mol. The molecule has 0 radical (unpaired) electrons. The number of fused-ring (bicyclic) bond motifs is 1. The van der Waals surface area contributed by atoms with E-state index in [4.69, 9.17) is 0 Å². The van der Waals surface area contributed by atoms with Crippen molar-refractivity contribution in [2.75, 3.05) is 12.4 Å². The molecule has 0 saturated carbocycles. The van der Waals surface area contributed by atoms with Crippen LogP contribution in [-0.2, 0) is 20.7 Å². The molecule has 4 amide bonds. The number of amides is 4. The second kappa shape index (κ2) is 10.2. The van der Waals surface area contributed by atoms with E-state index in [0.717, 1.165) is 32.6 Å². The first-order valence-corrected chi connectivity index (χ1v) is 12.3. The zero-order valence-corrected chi connectivity index (χ0v) is 20.5. The summed E-state index contributed by atoms with van der Waals surface area (Å²) in [5.74, 6) is -1.76. The van der Waals surface area contributed by atoms with Crippen molar-refractivity contribution in [3.05, 3.63) is 95.0 Å². The monoisotopic (exact) mass is 514 g/mol. The average Bonchev–Trinajstić information content (AvgIpc) is 3.50. The first-order chi connectivity index (χ1) is 17.9. The molecule has 9 nitrogen and oxygen atoms in total.